The molecule has 0 aliphatic carbocycles. The Balaban J connectivity index is 2.80. The van der Waals surface area contributed by atoms with Gasteiger partial charge in [-0.1, -0.05) is 13.8 Å². The highest BCUT2D eigenvalue weighted by Crippen LogP contribution is 2.10. The molecule has 1 heterocycles. The lowest BCUT2D eigenvalue weighted by Gasteiger charge is -2.07. The molecule has 1 rings (SSSR count). The Bertz CT molecular complexity index is 291. The van der Waals surface area contributed by atoms with Crippen LogP contribution in [0.25, 0.3) is 0 Å². The van der Waals surface area contributed by atoms with E-state index in [1.165, 1.54) is 0 Å². The van der Waals surface area contributed by atoms with Crippen LogP contribution in [-0.4, -0.2) is 15.6 Å². The van der Waals surface area contributed by atoms with Gasteiger partial charge in [-0.25, -0.2) is 0 Å². The highest BCUT2D eigenvalue weighted by atomic mass is 16.1. The van der Waals surface area contributed by atoms with Crippen LogP contribution in [0, 0.1) is 0 Å². The summed E-state index contributed by atoms with van der Waals surface area (Å²) in [6.45, 7) is 6.06. The zero-order chi connectivity index (χ0) is 9.84. The molecule has 72 valence electrons. The van der Waals surface area contributed by atoms with Crippen LogP contribution in [0.4, 0.5) is 0 Å². The molecule has 0 saturated carbocycles. The Morgan fingerprint density at radius 1 is 1.62 bits per heavy atom. The van der Waals surface area contributed by atoms with Gasteiger partial charge in [-0.15, -0.1) is 0 Å². The molecule has 3 heteroatoms. The van der Waals surface area contributed by atoms with E-state index in [0.717, 1.165) is 12.0 Å². The molecule has 0 radical (unpaired) electrons. The Morgan fingerprint density at radius 2 is 2.31 bits per heavy atom. The van der Waals surface area contributed by atoms with Crippen LogP contribution < -0.4 is 0 Å². The minimum atomic E-state index is 0.162. The van der Waals surface area contributed by atoms with Gasteiger partial charge in [-0.2, -0.15) is 5.10 Å². The molecular formula is C10H16N2O. The van der Waals surface area contributed by atoms with Gasteiger partial charge in [0.1, 0.15) is 0 Å². The number of hydrogen-bond acceptors (Lipinski definition) is 2. The summed E-state index contributed by atoms with van der Waals surface area (Å²) >= 11 is 0. The van der Waals surface area contributed by atoms with Crippen molar-refractivity contribution < 1.29 is 4.79 Å². The maximum absolute atomic E-state index is 11.3. The van der Waals surface area contributed by atoms with E-state index in [-0.39, 0.29) is 5.78 Å². The normalized spacial score (nSPS) is 12.8. The van der Waals surface area contributed by atoms with E-state index in [0.29, 0.717) is 12.5 Å². The van der Waals surface area contributed by atoms with Crippen molar-refractivity contribution in [3.8, 4) is 0 Å². The zero-order valence-electron chi connectivity index (χ0n) is 8.45. The van der Waals surface area contributed by atoms with Gasteiger partial charge in [0.05, 0.1) is 11.8 Å². The van der Waals surface area contributed by atoms with Crippen LogP contribution in [0.1, 0.15) is 50.0 Å². The van der Waals surface area contributed by atoms with Gasteiger partial charge >= 0.3 is 0 Å². The van der Waals surface area contributed by atoms with Gasteiger partial charge in [0, 0.05) is 18.7 Å². The third-order valence-corrected chi connectivity index (χ3v) is 2.29. The third-order valence-electron chi connectivity index (χ3n) is 2.29. The molecule has 0 amide bonds. The molecule has 1 aromatic heterocycles. The van der Waals surface area contributed by atoms with Crippen molar-refractivity contribution in [1.29, 1.82) is 0 Å². The standard InChI is InChI=1S/C10H16N2O/c1-4-8(3)12-7-9(6-11-12)10(13)5-2/h6-8H,4-5H2,1-3H3. The summed E-state index contributed by atoms with van der Waals surface area (Å²) in [6.07, 6.45) is 5.06. The van der Waals surface area contributed by atoms with Gasteiger partial charge in [-0.3, -0.25) is 9.48 Å². The zero-order valence-corrected chi connectivity index (χ0v) is 8.45. The summed E-state index contributed by atoms with van der Waals surface area (Å²) in [4.78, 5) is 11.3. The number of carbonyl (C=O) groups is 1. The van der Waals surface area contributed by atoms with E-state index in [1.807, 2.05) is 17.8 Å². The highest BCUT2D eigenvalue weighted by molar-refractivity contribution is 5.95. The summed E-state index contributed by atoms with van der Waals surface area (Å²) in [5.41, 5.74) is 0.725. The van der Waals surface area contributed by atoms with Crippen molar-refractivity contribution in [2.24, 2.45) is 0 Å². The average molecular weight is 180 g/mol. The molecule has 0 bridgehead atoms. The monoisotopic (exact) mass is 180 g/mol. The number of Topliss-reactive ketones (excluding diaryl/α,β-unsaturated/α-hetero) is 1. The van der Waals surface area contributed by atoms with E-state index in [1.54, 1.807) is 6.20 Å². The number of ketones is 1. The van der Waals surface area contributed by atoms with E-state index in [2.05, 4.69) is 18.9 Å². The lowest BCUT2D eigenvalue weighted by molar-refractivity contribution is 0.0988. The molecule has 0 aromatic carbocycles. The van der Waals surface area contributed by atoms with Crippen LogP contribution in [-0.2, 0) is 0 Å². The van der Waals surface area contributed by atoms with Crippen molar-refractivity contribution in [3.05, 3.63) is 18.0 Å². The second-order valence-electron chi connectivity index (χ2n) is 3.24. The second kappa shape index (κ2) is 4.21. The first-order valence-electron chi connectivity index (χ1n) is 4.76. The van der Waals surface area contributed by atoms with Crippen LogP contribution in [0.2, 0.25) is 0 Å². The first-order chi connectivity index (χ1) is 6.19. The summed E-state index contributed by atoms with van der Waals surface area (Å²) in [6, 6.07) is 0.374. The fourth-order valence-corrected chi connectivity index (χ4v) is 1.11. The van der Waals surface area contributed by atoms with Crippen LogP contribution in [0.15, 0.2) is 12.4 Å². The molecule has 0 N–H and O–H groups in total. The van der Waals surface area contributed by atoms with Crippen LogP contribution >= 0.6 is 0 Å². The summed E-state index contributed by atoms with van der Waals surface area (Å²) in [7, 11) is 0. The van der Waals surface area contributed by atoms with E-state index in [9.17, 15) is 4.79 Å². The molecule has 3 nitrogen and oxygen atoms in total. The van der Waals surface area contributed by atoms with Gasteiger partial charge in [0.25, 0.3) is 0 Å². The largest absolute Gasteiger partial charge is 0.294 e. The SMILES string of the molecule is CCC(=O)c1cnn(C(C)CC)c1. The molecule has 0 spiro atoms. The molecule has 1 atom stereocenters. The quantitative estimate of drug-likeness (QED) is 0.667. The van der Waals surface area contributed by atoms with E-state index < -0.39 is 0 Å². The maximum Gasteiger partial charge on any atom is 0.165 e. The first kappa shape index (κ1) is 9.96. The van der Waals surface area contributed by atoms with E-state index >= 15 is 0 Å². The Kier molecular flexibility index (Phi) is 3.23. The number of nitrogens with zero attached hydrogens (tertiary/aromatic N) is 2. The summed E-state index contributed by atoms with van der Waals surface area (Å²) < 4.78 is 1.85. The second-order valence-corrected chi connectivity index (χ2v) is 3.24. The molecular weight excluding hydrogens is 164 g/mol. The Morgan fingerprint density at radius 3 is 2.85 bits per heavy atom. The molecule has 1 aromatic rings. The fourth-order valence-electron chi connectivity index (χ4n) is 1.11. The summed E-state index contributed by atoms with van der Waals surface area (Å²) in [5, 5.41) is 4.15. The topological polar surface area (TPSA) is 34.9 Å². The molecule has 0 aliphatic heterocycles. The maximum atomic E-state index is 11.3. The molecule has 1 unspecified atom stereocenters. The van der Waals surface area contributed by atoms with Crippen LogP contribution in [0.5, 0.6) is 0 Å². The molecule has 13 heavy (non-hydrogen) atoms. The first-order valence-corrected chi connectivity index (χ1v) is 4.76. The molecule has 0 saturated heterocycles. The molecule has 0 fully saturated rings. The minimum Gasteiger partial charge on any atom is -0.294 e. The number of aromatic nitrogens is 2. The van der Waals surface area contributed by atoms with Gasteiger partial charge in [0.2, 0.25) is 0 Å². The lowest BCUT2D eigenvalue weighted by Crippen LogP contribution is -2.03. The predicted octanol–water partition coefficient (Wildman–Crippen LogP) is 2.45. The van der Waals surface area contributed by atoms with E-state index in [4.69, 9.17) is 0 Å². The fraction of sp³-hybridized carbons (Fsp3) is 0.600. The van der Waals surface area contributed by atoms with Gasteiger partial charge in [0.15, 0.2) is 5.78 Å². The summed E-state index contributed by atoms with van der Waals surface area (Å²) in [5.74, 6) is 0.162. The van der Waals surface area contributed by atoms with Gasteiger partial charge < -0.3 is 0 Å². The van der Waals surface area contributed by atoms with Gasteiger partial charge in [-0.05, 0) is 13.3 Å². The van der Waals surface area contributed by atoms with Crippen molar-refractivity contribution in [2.75, 3.05) is 0 Å². The number of carbonyl (C=O) groups excluding carboxylic acids is 1. The van der Waals surface area contributed by atoms with Crippen LogP contribution in [0.3, 0.4) is 0 Å². The van der Waals surface area contributed by atoms with Crippen molar-refractivity contribution in [1.82, 2.24) is 9.78 Å². The third kappa shape index (κ3) is 2.17. The number of hydrogen-bond donors (Lipinski definition) is 0. The smallest absolute Gasteiger partial charge is 0.165 e. The average Bonchev–Trinajstić information content (AvgIpc) is 2.64. The van der Waals surface area contributed by atoms with Crippen molar-refractivity contribution >= 4 is 5.78 Å². The Labute approximate surface area is 78.8 Å². The lowest BCUT2D eigenvalue weighted by atomic mass is 10.2. The molecule has 0 aliphatic rings. The highest BCUT2D eigenvalue weighted by Gasteiger charge is 2.08. The minimum absolute atomic E-state index is 0.162. The Hall–Kier alpha value is -1.12. The van der Waals surface area contributed by atoms with Crippen molar-refractivity contribution in [2.45, 2.75) is 39.7 Å². The number of rotatable bonds is 4. The predicted molar refractivity (Wildman–Crippen MR) is 51.9 cm³/mol. The van der Waals surface area contributed by atoms with Crippen molar-refractivity contribution in [3.63, 3.8) is 0 Å².